The number of benzene rings is 2. The molecule has 0 saturated heterocycles. The van der Waals surface area contributed by atoms with Gasteiger partial charge in [-0.25, -0.2) is 0 Å². The molecule has 4 rings (SSSR count). The second-order valence-corrected chi connectivity index (χ2v) is 6.95. The molecule has 0 aliphatic carbocycles. The minimum Gasteiger partial charge on any atom is -0.461 e. The smallest absolute Gasteiger partial charge is 0.252 e. The molecular formula is C21H15NO3S. The molecular weight excluding hydrogens is 346 g/mol. The first-order valence-corrected chi connectivity index (χ1v) is 8.97. The standard InChI is InChI=1S/C21H15NO3S/c23-20(18-9-4-12-25-18)19-11-10-15(26-19)13-22-21(24)17-8-3-6-14-5-1-2-7-16(14)17/h1-12H,13H2,(H,22,24). The fourth-order valence-electron chi connectivity index (χ4n) is 2.81. The van der Waals surface area contributed by atoms with Gasteiger partial charge in [-0.2, -0.15) is 0 Å². The van der Waals surface area contributed by atoms with Crippen molar-refractivity contribution >= 4 is 33.8 Å². The largest absolute Gasteiger partial charge is 0.461 e. The van der Waals surface area contributed by atoms with E-state index in [1.54, 1.807) is 18.2 Å². The molecule has 2 aromatic carbocycles. The third-order valence-electron chi connectivity index (χ3n) is 4.09. The van der Waals surface area contributed by atoms with E-state index in [0.29, 0.717) is 22.7 Å². The summed E-state index contributed by atoms with van der Waals surface area (Å²) in [5, 5.41) is 4.88. The third-order valence-corrected chi connectivity index (χ3v) is 5.17. The van der Waals surface area contributed by atoms with E-state index in [9.17, 15) is 9.59 Å². The molecule has 0 aliphatic heterocycles. The van der Waals surface area contributed by atoms with Crippen LogP contribution in [0.1, 0.15) is 30.7 Å². The molecule has 4 nitrogen and oxygen atoms in total. The van der Waals surface area contributed by atoms with Crippen LogP contribution in [0, 0.1) is 0 Å². The maximum atomic E-state index is 12.6. The van der Waals surface area contributed by atoms with E-state index in [0.717, 1.165) is 15.6 Å². The highest BCUT2D eigenvalue weighted by atomic mass is 32.1. The van der Waals surface area contributed by atoms with Crippen LogP contribution in [0.3, 0.4) is 0 Å². The van der Waals surface area contributed by atoms with Gasteiger partial charge in [0.05, 0.1) is 17.7 Å². The lowest BCUT2D eigenvalue weighted by atomic mass is 10.0. The lowest BCUT2D eigenvalue weighted by Gasteiger charge is -2.07. The highest BCUT2D eigenvalue weighted by molar-refractivity contribution is 7.14. The molecule has 0 fully saturated rings. The van der Waals surface area contributed by atoms with Gasteiger partial charge in [-0.1, -0.05) is 36.4 Å². The minimum atomic E-state index is -0.147. The third kappa shape index (κ3) is 3.17. The number of hydrogen-bond donors (Lipinski definition) is 1. The number of amides is 1. The van der Waals surface area contributed by atoms with Crippen molar-refractivity contribution in [3.05, 3.63) is 94.1 Å². The Labute approximate surface area is 154 Å². The van der Waals surface area contributed by atoms with Crippen LogP contribution in [0.5, 0.6) is 0 Å². The van der Waals surface area contributed by atoms with Gasteiger partial charge in [0.2, 0.25) is 5.78 Å². The van der Waals surface area contributed by atoms with E-state index in [1.165, 1.54) is 17.6 Å². The van der Waals surface area contributed by atoms with Crippen LogP contribution >= 0.6 is 11.3 Å². The van der Waals surface area contributed by atoms with Crippen LogP contribution in [0.15, 0.2) is 77.4 Å². The summed E-state index contributed by atoms with van der Waals surface area (Å²) in [5.41, 5.74) is 0.645. The first-order valence-electron chi connectivity index (χ1n) is 8.15. The number of ketones is 1. The van der Waals surface area contributed by atoms with E-state index >= 15 is 0 Å². The lowest BCUT2D eigenvalue weighted by molar-refractivity contribution is 0.0952. The Hall–Kier alpha value is -3.18. The minimum absolute atomic E-state index is 0.130. The summed E-state index contributed by atoms with van der Waals surface area (Å²) in [4.78, 5) is 26.3. The van der Waals surface area contributed by atoms with Crippen molar-refractivity contribution in [2.45, 2.75) is 6.54 Å². The normalized spacial score (nSPS) is 10.8. The highest BCUT2D eigenvalue weighted by Crippen LogP contribution is 2.21. The van der Waals surface area contributed by atoms with Crippen LogP contribution in [-0.4, -0.2) is 11.7 Å². The number of nitrogens with one attached hydrogen (secondary N) is 1. The van der Waals surface area contributed by atoms with Crippen molar-refractivity contribution < 1.29 is 14.0 Å². The predicted octanol–water partition coefficient (Wildman–Crippen LogP) is 4.66. The fraction of sp³-hybridized carbons (Fsp3) is 0.0476. The Bertz CT molecular complexity index is 1070. The van der Waals surface area contributed by atoms with Gasteiger partial charge in [0.15, 0.2) is 5.76 Å². The van der Waals surface area contributed by atoms with Gasteiger partial charge in [-0.3, -0.25) is 9.59 Å². The van der Waals surface area contributed by atoms with E-state index in [2.05, 4.69) is 5.32 Å². The number of furan rings is 1. The van der Waals surface area contributed by atoms with E-state index in [1.807, 2.05) is 48.5 Å². The van der Waals surface area contributed by atoms with Crippen molar-refractivity contribution in [1.29, 1.82) is 0 Å². The van der Waals surface area contributed by atoms with Gasteiger partial charge < -0.3 is 9.73 Å². The van der Waals surface area contributed by atoms with Crippen molar-refractivity contribution in [1.82, 2.24) is 5.32 Å². The van der Waals surface area contributed by atoms with E-state index in [4.69, 9.17) is 4.42 Å². The molecule has 1 amide bonds. The SMILES string of the molecule is O=C(c1ccco1)c1ccc(CNC(=O)c2cccc3ccccc23)s1. The molecule has 2 aromatic heterocycles. The zero-order chi connectivity index (χ0) is 17.9. The highest BCUT2D eigenvalue weighted by Gasteiger charge is 2.15. The Balaban J connectivity index is 1.47. The quantitative estimate of drug-likeness (QED) is 0.526. The maximum Gasteiger partial charge on any atom is 0.252 e. The number of carbonyl (C=O) groups is 2. The fourth-order valence-corrected chi connectivity index (χ4v) is 3.70. The van der Waals surface area contributed by atoms with Crippen molar-refractivity contribution in [3.63, 3.8) is 0 Å². The number of thiophene rings is 1. The monoisotopic (exact) mass is 361 g/mol. The molecule has 0 atom stereocenters. The number of fused-ring (bicyclic) bond motifs is 1. The van der Waals surface area contributed by atoms with Gasteiger partial charge in [0, 0.05) is 10.4 Å². The number of hydrogen-bond acceptors (Lipinski definition) is 4. The summed E-state index contributed by atoms with van der Waals surface area (Å²) < 4.78 is 5.14. The topological polar surface area (TPSA) is 59.3 Å². The van der Waals surface area contributed by atoms with E-state index in [-0.39, 0.29) is 11.7 Å². The van der Waals surface area contributed by atoms with Gasteiger partial charge in [-0.05, 0) is 41.1 Å². The van der Waals surface area contributed by atoms with Gasteiger partial charge in [0.1, 0.15) is 0 Å². The van der Waals surface area contributed by atoms with Crippen LogP contribution < -0.4 is 5.32 Å². The molecule has 1 N–H and O–H groups in total. The number of rotatable bonds is 5. The Morgan fingerprint density at radius 1 is 0.923 bits per heavy atom. The molecule has 26 heavy (non-hydrogen) atoms. The van der Waals surface area contributed by atoms with E-state index < -0.39 is 0 Å². The summed E-state index contributed by atoms with van der Waals surface area (Å²) in [7, 11) is 0. The summed E-state index contributed by atoms with van der Waals surface area (Å²) >= 11 is 1.36. The van der Waals surface area contributed by atoms with Gasteiger partial charge in [0.25, 0.3) is 5.91 Å². The van der Waals surface area contributed by atoms with Crippen molar-refractivity contribution in [3.8, 4) is 0 Å². The predicted molar refractivity (Wildman–Crippen MR) is 102 cm³/mol. The molecule has 0 bridgehead atoms. The first-order chi connectivity index (χ1) is 12.7. The second kappa shape index (κ2) is 6.98. The maximum absolute atomic E-state index is 12.6. The molecule has 0 spiro atoms. The Morgan fingerprint density at radius 2 is 1.77 bits per heavy atom. The first kappa shape index (κ1) is 16.3. The summed E-state index contributed by atoms with van der Waals surface area (Å²) in [6.45, 7) is 0.373. The second-order valence-electron chi connectivity index (χ2n) is 5.78. The van der Waals surface area contributed by atoms with Crippen LogP contribution in [0.2, 0.25) is 0 Å². The average Bonchev–Trinajstić information content (AvgIpc) is 3.37. The molecule has 4 aromatic rings. The van der Waals surface area contributed by atoms with Crippen molar-refractivity contribution in [2.24, 2.45) is 0 Å². The van der Waals surface area contributed by atoms with Crippen LogP contribution in [0.25, 0.3) is 10.8 Å². The molecule has 5 heteroatoms. The summed E-state index contributed by atoms with van der Waals surface area (Å²) in [6.07, 6.45) is 1.48. The Kier molecular flexibility index (Phi) is 4.37. The average molecular weight is 361 g/mol. The molecule has 0 saturated carbocycles. The van der Waals surface area contributed by atoms with Crippen LogP contribution in [-0.2, 0) is 6.54 Å². The zero-order valence-corrected chi connectivity index (χ0v) is 14.6. The number of carbonyl (C=O) groups excluding carboxylic acids is 2. The van der Waals surface area contributed by atoms with Crippen molar-refractivity contribution in [2.75, 3.05) is 0 Å². The molecule has 0 radical (unpaired) electrons. The molecule has 128 valence electrons. The molecule has 0 unspecified atom stereocenters. The lowest BCUT2D eigenvalue weighted by Crippen LogP contribution is -2.22. The van der Waals surface area contributed by atoms with Gasteiger partial charge in [-0.15, -0.1) is 11.3 Å². The summed E-state index contributed by atoms with van der Waals surface area (Å²) in [5.74, 6) is 0.0407. The zero-order valence-electron chi connectivity index (χ0n) is 13.8. The molecule has 0 aliphatic rings. The molecule has 2 heterocycles. The van der Waals surface area contributed by atoms with Gasteiger partial charge >= 0.3 is 0 Å². The van der Waals surface area contributed by atoms with Crippen LogP contribution in [0.4, 0.5) is 0 Å². The summed E-state index contributed by atoms with van der Waals surface area (Å²) in [6, 6.07) is 20.4. The Morgan fingerprint density at radius 3 is 2.62 bits per heavy atom.